The van der Waals surface area contributed by atoms with Crippen molar-refractivity contribution in [2.45, 2.75) is 46.1 Å². The van der Waals surface area contributed by atoms with Crippen LogP contribution in [0.5, 0.6) is 5.75 Å². The van der Waals surface area contributed by atoms with Gasteiger partial charge in [0, 0.05) is 17.7 Å². The molecule has 1 atom stereocenters. The molecule has 1 rings (SSSR count). The monoisotopic (exact) mass is 267 g/mol. The van der Waals surface area contributed by atoms with Gasteiger partial charge in [-0.1, -0.05) is 39.7 Å². The molecule has 1 N–H and O–H groups in total. The van der Waals surface area contributed by atoms with E-state index >= 15 is 0 Å². The summed E-state index contributed by atoms with van der Waals surface area (Å²) in [7, 11) is 1.56. The number of nitrogens with one attached hydrogen (secondary N) is 1. The van der Waals surface area contributed by atoms with Crippen molar-refractivity contribution >= 4 is 0 Å². The number of ether oxygens (including phenoxy) is 1. The summed E-state index contributed by atoms with van der Waals surface area (Å²) in [6, 6.07) is 5.24. The highest BCUT2D eigenvalue weighted by Gasteiger charge is 2.22. The first-order valence-electron chi connectivity index (χ1n) is 7.24. The minimum Gasteiger partial charge on any atom is -0.497 e. The summed E-state index contributed by atoms with van der Waals surface area (Å²) in [6.07, 6.45) is 3.14. The molecule has 0 aliphatic heterocycles. The fraction of sp³-hybridized carbons (Fsp3) is 0.625. The van der Waals surface area contributed by atoms with Crippen LogP contribution in [-0.4, -0.2) is 13.7 Å². The minimum atomic E-state index is -0.181. The van der Waals surface area contributed by atoms with Crippen LogP contribution in [0.25, 0.3) is 0 Å². The molecule has 0 saturated carbocycles. The Morgan fingerprint density at radius 2 is 1.89 bits per heavy atom. The zero-order valence-electron chi connectivity index (χ0n) is 12.5. The number of methoxy groups -OCH3 is 1. The standard InChI is InChI=1S/C16H26FNO/c1-5-10-18-16(12(6-2)7-3)14-9-8-13(19-4)11-15(14)17/h8-9,11-12,16,18H,5-7,10H2,1-4H3. The van der Waals surface area contributed by atoms with Gasteiger partial charge in [-0.05, 0) is 24.9 Å². The summed E-state index contributed by atoms with van der Waals surface area (Å²) >= 11 is 0. The predicted octanol–water partition coefficient (Wildman–Crippen LogP) is 4.31. The Morgan fingerprint density at radius 3 is 2.37 bits per heavy atom. The molecule has 1 unspecified atom stereocenters. The van der Waals surface area contributed by atoms with Crippen LogP contribution in [0.2, 0.25) is 0 Å². The van der Waals surface area contributed by atoms with Gasteiger partial charge in [-0.25, -0.2) is 4.39 Å². The van der Waals surface area contributed by atoms with Gasteiger partial charge in [0.15, 0.2) is 0 Å². The summed E-state index contributed by atoms with van der Waals surface area (Å²) in [5, 5.41) is 3.49. The van der Waals surface area contributed by atoms with E-state index in [1.807, 2.05) is 12.1 Å². The Labute approximate surface area is 116 Å². The second kappa shape index (κ2) is 8.16. The summed E-state index contributed by atoms with van der Waals surface area (Å²) in [6.45, 7) is 7.36. The van der Waals surface area contributed by atoms with Gasteiger partial charge >= 0.3 is 0 Å². The lowest BCUT2D eigenvalue weighted by Gasteiger charge is -2.27. The van der Waals surface area contributed by atoms with Crippen LogP contribution in [0.1, 0.15) is 51.6 Å². The van der Waals surface area contributed by atoms with E-state index in [2.05, 4.69) is 26.1 Å². The molecule has 1 aromatic carbocycles. The summed E-state index contributed by atoms with van der Waals surface area (Å²) < 4.78 is 19.3. The Morgan fingerprint density at radius 1 is 1.21 bits per heavy atom. The zero-order valence-corrected chi connectivity index (χ0v) is 12.5. The maximum atomic E-state index is 14.2. The number of rotatable bonds is 8. The Hall–Kier alpha value is -1.09. The lowest BCUT2D eigenvalue weighted by atomic mass is 9.88. The Kier molecular flexibility index (Phi) is 6.85. The van der Waals surface area contributed by atoms with Crippen molar-refractivity contribution < 1.29 is 9.13 Å². The van der Waals surface area contributed by atoms with Crippen LogP contribution in [0.4, 0.5) is 4.39 Å². The van der Waals surface area contributed by atoms with E-state index in [1.165, 1.54) is 6.07 Å². The molecule has 2 nitrogen and oxygen atoms in total. The average Bonchev–Trinajstić information content (AvgIpc) is 2.44. The molecule has 108 valence electrons. The molecule has 0 fully saturated rings. The lowest BCUT2D eigenvalue weighted by molar-refractivity contribution is 0.331. The van der Waals surface area contributed by atoms with Crippen LogP contribution in [0.15, 0.2) is 18.2 Å². The molecule has 1 aromatic rings. The number of halogens is 1. The molecule has 19 heavy (non-hydrogen) atoms. The highest BCUT2D eigenvalue weighted by molar-refractivity contribution is 5.31. The Balaban J connectivity index is 3.01. The summed E-state index contributed by atoms with van der Waals surface area (Å²) in [5.74, 6) is 0.842. The van der Waals surface area contributed by atoms with Gasteiger partial charge in [0.25, 0.3) is 0 Å². The molecular formula is C16H26FNO. The summed E-state index contributed by atoms with van der Waals surface area (Å²) in [5.41, 5.74) is 0.753. The first-order chi connectivity index (χ1) is 9.17. The molecule has 3 heteroatoms. The SMILES string of the molecule is CCCNC(c1ccc(OC)cc1F)C(CC)CC. The van der Waals surface area contributed by atoms with E-state index in [0.717, 1.165) is 31.4 Å². The van der Waals surface area contributed by atoms with Gasteiger partial charge in [-0.15, -0.1) is 0 Å². The molecule has 0 bridgehead atoms. The van der Waals surface area contributed by atoms with Crippen molar-refractivity contribution in [1.29, 1.82) is 0 Å². The van der Waals surface area contributed by atoms with E-state index in [4.69, 9.17) is 4.74 Å². The van der Waals surface area contributed by atoms with Crippen molar-refractivity contribution in [1.82, 2.24) is 5.32 Å². The summed E-state index contributed by atoms with van der Waals surface area (Å²) in [4.78, 5) is 0. The Bertz CT molecular complexity index is 377. The molecule has 0 saturated heterocycles. The van der Waals surface area contributed by atoms with Crippen LogP contribution >= 0.6 is 0 Å². The fourth-order valence-electron chi connectivity index (χ4n) is 2.48. The van der Waals surface area contributed by atoms with E-state index in [9.17, 15) is 4.39 Å². The number of hydrogen-bond donors (Lipinski definition) is 1. The molecule has 0 amide bonds. The van der Waals surface area contributed by atoms with Crippen molar-refractivity contribution in [3.05, 3.63) is 29.6 Å². The quantitative estimate of drug-likeness (QED) is 0.757. The third-order valence-corrected chi connectivity index (χ3v) is 3.68. The smallest absolute Gasteiger partial charge is 0.131 e. The normalized spacial score (nSPS) is 12.7. The molecular weight excluding hydrogens is 241 g/mol. The topological polar surface area (TPSA) is 21.3 Å². The van der Waals surface area contributed by atoms with Crippen molar-refractivity contribution in [2.75, 3.05) is 13.7 Å². The first-order valence-corrected chi connectivity index (χ1v) is 7.24. The zero-order chi connectivity index (χ0) is 14.3. The van der Waals surface area contributed by atoms with Crippen molar-refractivity contribution in [3.63, 3.8) is 0 Å². The van der Waals surface area contributed by atoms with Crippen molar-refractivity contribution in [2.24, 2.45) is 5.92 Å². The fourth-order valence-corrected chi connectivity index (χ4v) is 2.48. The average molecular weight is 267 g/mol. The highest BCUT2D eigenvalue weighted by Crippen LogP contribution is 2.30. The van der Waals surface area contributed by atoms with Gasteiger partial charge in [0.2, 0.25) is 0 Å². The number of benzene rings is 1. The van der Waals surface area contributed by atoms with Gasteiger partial charge in [0.1, 0.15) is 11.6 Å². The molecule has 0 aromatic heterocycles. The molecule has 0 spiro atoms. The van der Waals surface area contributed by atoms with Gasteiger partial charge in [-0.3, -0.25) is 0 Å². The number of hydrogen-bond acceptors (Lipinski definition) is 2. The van der Waals surface area contributed by atoms with Crippen LogP contribution in [-0.2, 0) is 0 Å². The van der Waals surface area contributed by atoms with Crippen LogP contribution < -0.4 is 10.1 Å². The maximum absolute atomic E-state index is 14.2. The van der Waals surface area contributed by atoms with E-state index in [0.29, 0.717) is 11.7 Å². The second-order valence-electron chi connectivity index (χ2n) is 4.90. The maximum Gasteiger partial charge on any atom is 0.131 e. The van der Waals surface area contributed by atoms with Gasteiger partial charge in [0.05, 0.1) is 7.11 Å². The highest BCUT2D eigenvalue weighted by atomic mass is 19.1. The van der Waals surface area contributed by atoms with Crippen LogP contribution in [0, 0.1) is 11.7 Å². The second-order valence-corrected chi connectivity index (χ2v) is 4.90. The largest absolute Gasteiger partial charge is 0.497 e. The molecule has 0 aliphatic carbocycles. The minimum absolute atomic E-state index is 0.0841. The van der Waals surface area contributed by atoms with E-state index in [-0.39, 0.29) is 11.9 Å². The molecule has 0 aliphatic rings. The third kappa shape index (κ3) is 4.20. The predicted molar refractivity (Wildman–Crippen MR) is 78.1 cm³/mol. The third-order valence-electron chi connectivity index (χ3n) is 3.68. The van der Waals surface area contributed by atoms with Gasteiger partial charge in [-0.2, -0.15) is 0 Å². The first kappa shape index (κ1) is 16.0. The van der Waals surface area contributed by atoms with E-state index in [1.54, 1.807) is 7.11 Å². The molecule has 0 radical (unpaired) electrons. The van der Waals surface area contributed by atoms with E-state index < -0.39 is 0 Å². The van der Waals surface area contributed by atoms with Gasteiger partial charge < -0.3 is 10.1 Å². The van der Waals surface area contributed by atoms with Crippen LogP contribution in [0.3, 0.4) is 0 Å². The molecule has 0 heterocycles. The lowest BCUT2D eigenvalue weighted by Crippen LogP contribution is -2.29. The van der Waals surface area contributed by atoms with Crippen molar-refractivity contribution in [3.8, 4) is 5.75 Å².